The van der Waals surface area contributed by atoms with Gasteiger partial charge in [-0.25, -0.2) is 9.59 Å². The van der Waals surface area contributed by atoms with E-state index in [2.05, 4.69) is 10.6 Å². The molecule has 1 fully saturated rings. The summed E-state index contributed by atoms with van der Waals surface area (Å²) in [5.41, 5.74) is 5.11. The second-order valence-electron chi connectivity index (χ2n) is 7.37. The first-order valence-electron chi connectivity index (χ1n) is 10.0. The lowest BCUT2D eigenvalue weighted by Crippen LogP contribution is -2.57. The Kier molecular flexibility index (Phi) is 7.83. The Morgan fingerprint density at radius 2 is 2.00 bits per heavy atom. The van der Waals surface area contributed by atoms with Gasteiger partial charge in [-0.2, -0.15) is 0 Å². The quantitative estimate of drug-likeness (QED) is 0.229. The van der Waals surface area contributed by atoms with E-state index in [1.165, 1.54) is 31.4 Å². The molecule has 14 nitrogen and oxygen atoms in total. The molecule has 1 aromatic carbocycles. The summed E-state index contributed by atoms with van der Waals surface area (Å²) in [5.74, 6) is -4.15. The van der Waals surface area contributed by atoms with Gasteiger partial charge in [-0.05, 0) is 17.7 Å². The normalized spacial score (nSPS) is 20.7. The average Bonchev–Trinajstić information content (AvgIpc) is 2.80. The number of aliphatic hydroxyl groups excluding tert-OH is 1. The zero-order valence-corrected chi connectivity index (χ0v) is 19.0. The van der Waals surface area contributed by atoms with Gasteiger partial charge in [-0.1, -0.05) is 12.1 Å². The van der Waals surface area contributed by atoms with Crippen LogP contribution in [0.1, 0.15) is 18.1 Å². The highest BCUT2D eigenvalue weighted by Gasteiger charge is 2.50. The van der Waals surface area contributed by atoms with Crippen molar-refractivity contribution in [3.63, 3.8) is 0 Å². The number of carbonyl (C=O) groups is 5. The van der Waals surface area contributed by atoms with Crippen LogP contribution in [-0.2, 0) is 28.7 Å². The van der Waals surface area contributed by atoms with Crippen LogP contribution in [0.2, 0.25) is 0 Å². The standard InChI is InChI=1S/C20H22N4O10S/c1-33-15-13(19(30)31)24-11(25)6-12(24)35-17(15)23-16(27)14(26)8-3-2-4-9(5-8)22-20(32)34-7-10(21)18(28)29/h2-5,10,12,14,17,26H,6-7,21H2,1H3,(H,22,32)(H,23,27)(H,28,29)(H,30,31)/t10-,12+,14?,17?/m1/s1. The van der Waals surface area contributed by atoms with E-state index < -0.39 is 53.4 Å². The number of methoxy groups -OCH3 is 1. The number of fused-ring (bicyclic) bond motifs is 1. The maximum absolute atomic E-state index is 12.7. The van der Waals surface area contributed by atoms with Crippen LogP contribution in [0.15, 0.2) is 35.7 Å². The molecule has 1 saturated heterocycles. The van der Waals surface area contributed by atoms with E-state index in [1.807, 2.05) is 0 Å². The van der Waals surface area contributed by atoms with Gasteiger partial charge in [-0.15, -0.1) is 11.8 Å². The van der Waals surface area contributed by atoms with Crippen LogP contribution in [-0.4, -0.2) is 80.6 Å². The van der Waals surface area contributed by atoms with Gasteiger partial charge < -0.3 is 35.8 Å². The Labute approximate surface area is 202 Å². The number of carbonyl (C=O) groups excluding carboxylic acids is 3. The molecule has 0 spiro atoms. The molecule has 7 N–H and O–H groups in total. The number of nitrogens with zero attached hydrogens (tertiary/aromatic N) is 1. The number of amides is 3. The largest absolute Gasteiger partial charge is 0.495 e. The highest BCUT2D eigenvalue weighted by molar-refractivity contribution is 8.00. The van der Waals surface area contributed by atoms with Crippen LogP contribution in [0.25, 0.3) is 0 Å². The molecule has 15 heteroatoms. The van der Waals surface area contributed by atoms with E-state index in [0.717, 1.165) is 16.7 Å². The first-order valence-corrected chi connectivity index (χ1v) is 11.0. The van der Waals surface area contributed by atoms with Gasteiger partial charge in [0, 0.05) is 5.69 Å². The third-order valence-electron chi connectivity index (χ3n) is 5.02. The van der Waals surface area contributed by atoms with Crippen molar-refractivity contribution in [1.29, 1.82) is 0 Å². The molecule has 4 atom stereocenters. The molecule has 2 aliphatic rings. The number of hydrogen-bond acceptors (Lipinski definition) is 10. The molecule has 35 heavy (non-hydrogen) atoms. The second-order valence-corrected chi connectivity index (χ2v) is 8.65. The van der Waals surface area contributed by atoms with Gasteiger partial charge >= 0.3 is 18.0 Å². The number of rotatable bonds is 9. The second kappa shape index (κ2) is 10.6. The van der Waals surface area contributed by atoms with E-state index in [4.69, 9.17) is 20.3 Å². The van der Waals surface area contributed by atoms with E-state index in [9.17, 15) is 34.2 Å². The molecule has 0 saturated carbocycles. The molecule has 0 radical (unpaired) electrons. The van der Waals surface area contributed by atoms with E-state index in [-0.39, 0.29) is 35.0 Å². The topological polar surface area (TPSA) is 218 Å². The Morgan fingerprint density at radius 3 is 2.60 bits per heavy atom. The van der Waals surface area contributed by atoms with Crippen LogP contribution in [0.4, 0.5) is 10.5 Å². The fourth-order valence-corrected chi connectivity index (χ4v) is 4.69. The highest BCUT2D eigenvalue weighted by Crippen LogP contribution is 2.43. The van der Waals surface area contributed by atoms with Gasteiger partial charge in [0.05, 0.1) is 18.9 Å². The van der Waals surface area contributed by atoms with Gasteiger partial charge in [-0.3, -0.25) is 24.6 Å². The van der Waals surface area contributed by atoms with Crippen molar-refractivity contribution in [2.75, 3.05) is 19.0 Å². The number of thioether (sulfide) groups is 1. The minimum atomic E-state index is -1.71. The molecule has 188 valence electrons. The summed E-state index contributed by atoms with van der Waals surface area (Å²) >= 11 is 1.09. The number of nitrogens with one attached hydrogen (secondary N) is 2. The molecule has 0 aliphatic carbocycles. The van der Waals surface area contributed by atoms with Crippen molar-refractivity contribution in [2.24, 2.45) is 5.73 Å². The minimum absolute atomic E-state index is 0.0881. The monoisotopic (exact) mass is 510 g/mol. The van der Waals surface area contributed by atoms with E-state index in [0.29, 0.717) is 0 Å². The first kappa shape index (κ1) is 25.8. The van der Waals surface area contributed by atoms with Crippen molar-refractivity contribution >= 4 is 47.3 Å². The molecular formula is C20H22N4O10S. The number of aliphatic hydroxyl groups is 1. The smallest absolute Gasteiger partial charge is 0.411 e. The lowest BCUT2D eigenvalue weighted by atomic mass is 10.1. The van der Waals surface area contributed by atoms with E-state index >= 15 is 0 Å². The van der Waals surface area contributed by atoms with Gasteiger partial charge in [0.2, 0.25) is 5.91 Å². The highest BCUT2D eigenvalue weighted by atomic mass is 32.2. The fraction of sp³-hybridized carbons (Fsp3) is 0.350. The third kappa shape index (κ3) is 5.64. The van der Waals surface area contributed by atoms with Crippen LogP contribution < -0.4 is 16.4 Å². The Bertz CT molecular complexity index is 1090. The van der Waals surface area contributed by atoms with Crippen molar-refractivity contribution in [1.82, 2.24) is 10.2 Å². The summed E-state index contributed by atoms with van der Waals surface area (Å²) in [6.07, 6.45) is -2.61. The summed E-state index contributed by atoms with van der Waals surface area (Å²) in [7, 11) is 1.20. The Hall–Kier alpha value is -3.82. The molecule has 2 aliphatic heterocycles. The number of nitrogens with two attached hydrogens (primary N) is 1. The van der Waals surface area contributed by atoms with Crippen molar-refractivity contribution < 1.29 is 48.8 Å². The van der Waals surface area contributed by atoms with Crippen LogP contribution in [0.5, 0.6) is 0 Å². The number of ether oxygens (including phenoxy) is 2. The molecule has 1 aromatic rings. The van der Waals surface area contributed by atoms with Crippen LogP contribution in [0, 0.1) is 0 Å². The van der Waals surface area contributed by atoms with Crippen LogP contribution in [0.3, 0.4) is 0 Å². The maximum Gasteiger partial charge on any atom is 0.411 e. The van der Waals surface area contributed by atoms with Gasteiger partial charge in [0.25, 0.3) is 5.91 Å². The van der Waals surface area contributed by atoms with E-state index in [1.54, 1.807) is 0 Å². The number of carboxylic acids is 2. The number of benzene rings is 1. The van der Waals surface area contributed by atoms with Gasteiger partial charge in [0.1, 0.15) is 18.0 Å². The SMILES string of the molecule is COC1=C(C(=O)O)N2C(=O)C[C@@H]2SC1NC(=O)C(O)c1cccc(NC(=O)OC[C@@H](N)C(=O)O)c1. The summed E-state index contributed by atoms with van der Waals surface area (Å²) in [6, 6.07) is 4.20. The Balaban J connectivity index is 1.68. The van der Waals surface area contributed by atoms with Crippen molar-refractivity contribution in [3.05, 3.63) is 41.3 Å². The molecule has 2 unspecified atom stereocenters. The number of carboxylic acid groups (broad SMARTS) is 2. The number of aliphatic carboxylic acids is 2. The number of hydrogen-bond donors (Lipinski definition) is 6. The lowest BCUT2D eigenvalue weighted by Gasteiger charge is -2.45. The molecule has 2 heterocycles. The van der Waals surface area contributed by atoms with Crippen molar-refractivity contribution in [3.8, 4) is 0 Å². The molecular weight excluding hydrogens is 488 g/mol. The zero-order valence-electron chi connectivity index (χ0n) is 18.2. The summed E-state index contributed by atoms with van der Waals surface area (Å²) in [5, 5.41) is 32.1. The maximum atomic E-state index is 12.7. The summed E-state index contributed by atoms with van der Waals surface area (Å²) < 4.78 is 9.87. The number of β-lactam (4-membered cyclic amide) rings is 1. The molecule has 3 rings (SSSR count). The van der Waals surface area contributed by atoms with Crippen LogP contribution >= 0.6 is 11.8 Å². The predicted octanol–water partition coefficient (Wildman–Crippen LogP) is -0.629. The number of anilines is 1. The fourth-order valence-electron chi connectivity index (χ4n) is 3.28. The Morgan fingerprint density at radius 1 is 1.29 bits per heavy atom. The molecule has 0 aromatic heterocycles. The summed E-state index contributed by atoms with van der Waals surface area (Å²) in [4.78, 5) is 59.9. The third-order valence-corrected chi connectivity index (χ3v) is 6.31. The minimum Gasteiger partial charge on any atom is -0.495 e. The average molecular weight is 510 g/mol. The predicted molar refractivity (Wildman–Crippen MR) is 118 cm³/mol. The molecule has 0 bridgehead atoms. The zero-order chi connectivity index (χ0) is 25.9. The summed E-state index contributed by atoms with van der Waals surface area (Å²) in [6.45, 7) is -0.567. The lowest BCUT2D eigenvalue weighted by molar-refractivity contribution is -0.146. The first-order chi connectivity index (χ1) is 16.5. The van der Waals surface area contributed by atoms with Gasteiger partial charge in [0.15, 0.2) is 17.6 Å². The molecule has 3 amide bonds. The van der Waals surface area contributed by atoms with Crippen molar-refractivity contribution in [2.45, 2.75) is 29.3 Å².